The SMILES string of the molecule is COc1cccc(Cl)c1CCBr. The van der Waals surface area contributed by atoms with Crippen molar-refractivity contribution in [2.45, 2.75) is 6.42 Å². The highest BCUT2D eigenvalue weighted by Gasteiger charge is 2.05. The lowest BCUT2D eigenvalue weighted by atomic mass is 10.1. The van der Waals surface area contributed by atoms with E-state index in [1.165, 1.54) is 0 Å². The Morgan fingerprint density at radius 2 is 2.25 bits per heavy atom. The first-order valence-electron chi connectivity index (χ1n) is 3.67. The van der Waals surface area contributed by atoms with E-state index in [0.717, 1.165) is 28.1 Å². The third-order valence-corrected chi connectivity index (χ3v) is 2.39. The minimum absolute atomic E-state index is 0.772. The van der Waals surface area contributed by atoms with Gasteiger partial charge in [0.05, 0.1) is 7.11 Å². The van der Waals surface area contributed by atoms with Crippen LogP contribution in [0.2, 0.25) is 5.02 Å². The third kappa shape index (κ3) is 2.14. The molecule has 0 aliphatic rings. The van der Waals surface area contributed by atoms with Crippen LogP contribution in [0.5, 0.6) is 5.75 Å². The molecule has 0 saturated carbocycles. The summed E-state index contributed by atoms with van der Waals surface area (Å²) in [6.07, 6.45) is 0.892. The fraction of sp³-hybridized carbons (Fsp3) is 0.333. The normalized spacial score (nSPS) is 9.92. The molecule has 1 aromatic carbocycles. The quantitative estimate of drug-likeness (QED) is 0.747. The van der Waals surface area contributed by atoms with Crippen LogP contribution in [0.4, 0.5) is 0 Å². The summed E-state index contributed by atoms with van der Waals surface area (Å²) < 4.78 is 5.17. The van der Waals surface area contributed by atoms with Crippen LogP contribution in [0.15, 0.2) is 18.2 Å². The summed E-state index contributed by atoms with van der Waals surface area (Å²) in [5.41, 5.74) is 1.07. The van der Waals surface area contributed by atoms with Gasteiger partial charge in [-0.25, -0.2) is 0 Å². The smallest absolute Gasteiger partial charge is 0.123 e. The molecule has 66 valence electrons. The Morgan fingerprint density at radius 1 is 1.50 bits per heavy atom. The fourth-order valence-corrected chi connectivity index (χ4v) is 1.72. The van der Waals surface area contributed by atoms with Gasteiger partial charge in [0.25, 0.3) is 0 Å². The number of halogens is 2. The molecular formula is C9H10BrClO. The number of benzene rings is 1. The molecule has 0 bridgehead atoms. The van der Waals surface area contributed by atoms with Crippen LogP contribution >= 0.6 is 27.5 Å². The van der Waals surface area contributed by atoms with E-state index in [1.54, 1.807) is 7.11 Å². The van der Waals surface area contributed by atoms with Crippen molar-refractivity contribution >= 4 is 27.5 Å². The maximum Gasteiger partial charge on any atom is 0.123 e. The summed E-state index contributed by atoms with van der Waals surface area (Å²) in [5, 5.41) is 1.67. The molecule has 0 aliphatic carbocycles. The Bertz CT molecular complexity index is 263. The minimum atomic E-state index is 0.772. The van der Waals surface area contributed by atoms with Gasteiger partial charge in [-0.05, 0) is 18.6 Å². The molecule has 0 aromatic heterocycles. The molecule has 1 nitrogen and oxygen atoms in total. The Labute approximate surface area is 85.8 Å². The van der Waals surface area contributed by atoms with E-state index >= 15 is 0 Å². The zero-order valence-corrected chi connectivity index (χ0v) is 9.15. The van der Waals surface area contributed by atoms with Crippen molar-refractivity contribution in [1.29, 1.82) is 0 Å². The van der Waals surface area contributed by atoms with Gasteiger partial charge in [0.1, 0.15) is 5.75 Å². The zero-order valence-electron chi connectivity index (χ0n) is 6.81. The first-order chi connectivity index (χ1) is 5.79. The summed E-state index contributed by atoms with van der Waals surface area (Å²) in [6, 6.07) is 5.69. The first kappa shape index (κ1) is 9.87. The van der Waals surface area contributed by atoms with E-state index in [0.29, 0.717) is 0 Å². The number of hydrogen-bond donors (Lipinski definition) is 0. The average Bonchev–Trinajstić information content (AvgIpc) is 2.09. The summed E-state index contributed by atoms with van der Waals surface area (Å²) >= 11 is 9.36. The lowest BCUT2D eigenvalue weighted by molar-refractivity contribution is 0.410. The first-order valence-corrected chi connectivity index (χ1v) is 5.17. The topological polar surface area (TPSA) is 9.23 Å². The maximum absolute atomic E-state index is 5.99. The van der Waals surface area contributed by atoms with Crippen molar-refractivity contribution in [3.8, 4) is 5.75 Å². The van der Waals surface area contributed by atoms with Crippen LogP contribution in [0, 0.1) is 0 Å². The Hall–Kier alpha value is -0.210. The van der Waals surface area contributed by atoms with Crippen LogP contribution in [-0.2, 0) is 6.42 Å². The standard InChI is InChI=1S/C9H10BrClO/c1-12-9-4-2-3-8(11)7(9)5-6-10/h2-4H,5-6H2,1H3. The van der Waals surface area contributed by atoms with E-state index in [9.17, 15) is 0 Å². The van der Waals surface area contributed by atoms with E-state index in [1.807, 2.05) is 18.2 Å². The molecule has 0 radical (unpaired) electrons. The molecule has 0 amide bonds. The van der Waals surface area contributed by atoms with Crippen molar-refractivity contribution < 1.29 is 4.74 Å². The van der Waals surface area contributed by atoms with Crippen molar-refractivity contribution in [2.24, 2.45) is 0 Å². The van der Waals surface area contributed by atoms with Crippen molar-refractivity contribution in [2.75, 3.05) is 12.4 Å². The monoisotopic (exact) mass is 248 g/mol. The highest BCUT2D eigenvalue weighted by Crippen LogP contribution is 2.26. The molecule has 0 saturated heterocycles. The van der Waals surface area contributed by atoms with Crippen LogP contribution < -0.4 is 4.74 Å². The molecule has 0 fully saturated rings. The van der Waals surface area contributed by atoms with Gasteiger partial charge in [0.2, 0.25) is 0 Å². The van der Waals surface area contributed by atoms with Gasteiger partial charge in [0, 0.05) is 15.9 Å². The van der Waals surface area contributed by atoms with Gasteiger partial charge in [-0.3, -0.25) is 0 Å². The minimum Gasteiger partial charge on any atom is -0.496 e. The van der Waals surface area contributed by atoms with Crippen LogP contribution in [0.3, 0.4) is 0 Å². The molecule has 0 heterocycles. The van der Waals surface area contributed by atoms with Crippen molar-refractivity contribution in [3.63, 3.8) is 0 Å². The third-order valence-electron chi connectivity index (χ3n) is 1.64. The molecular weight excluding hydrogens is 239 g/mol. The van der Waals surface area contributed by atoms with E-state index in [2.05, 4.69) is 15.9 Å². The number of rotatable bonds is 3. The Morgan fingerprint density at radius 3 is 2.83 bits per heavy atom. The molecule has 0 N–H and O–H groups in total. The van der Waals surface area contributed by atoms with Gasteiger partial charge in [-0.15, -0.1) is 0 Å². The number of methoxy groups -OCH3 is 1. The second-order valence-corrected chi connectivity index (χ2v) is 3.56. The van der Waals surface area contributed by atoms with E-state index in [-0.39, 0.29) is 0 Å². The van der Waals surface area contributed by atoms with Gasteiger partial charge >= 0.3 is 0 Å². The lowest BCUT2D eigenvalue weighted by Gasteiger charge is -2.07. The number of hydrogen-bond acceptors (Lipinski definition) is 1. The molecule has 3 heteroatoms. The van der Waals surface area contributed by atoms with Crippen LogP contribution in [0.1, 0.15) is 5.56 Å². The van der Waals surface area contributed by atoms with Gasteiger partial charge in [0.15, 0.2) is 0 Å². The summed E-state index contributed by atoms with van der Waals surface area (Å²) in [4.78, 5) is 0. The van der Waals surface area contributed by atoms with Gasteiger partial charge in [-0.2, -0.15) is 0 Å². The second kappa shape index (κ2) is 4.73. The average molecular weight is 250 g/mol. The zero-order chi connectivity index (χ0) is 8.97. The molecule has 12 heavy (non-hydrogen) atoms. The molecule has 0 spiro atoms. The largest absolute Gasteiger partial charge is 0.496 e. The van der Waals surface area contributed by atoms with E-state index < -0.39 is 0 Å². The lowest BCUT2D eigenvalue weighted by Crippen LogP contribution is -1.93. The maximum atomic E-state index is 5.99. The summed E-state index contributed by atoms with van der Waals surface area (Å²) in [7, 11) is 1.66. The fourth-order valence-electron chi connectivity index (χ4n) is 1.07. The molecule has 0 aliphatic heterocycles. The molecule has 0 atom stereocenters. The van der Waals surface area contributed by atoms with Gasteiger partial charge in [-0.1, -0.05) is 33.6 Å². The van der Waals surface area contributed by atoms with Crippen LogP contribution in [-0.4, -0.2) is 12.4 Å². The molecule has 1 rings (SSSR count). The van der Waals surface area contributed by atoms with Crippen molar-refractivity contribution in [1.82, 2.24) is 0 Å². The van der Waals surface area contributed by atoms with Gasteiger partial charge < -0.3 is 4.74 Å². The predicted molar refractivity (Wildman–Crippen MR) is 55.5 cm³/mol. The van der Waals surface area contributed by atoms with E-state index in [4.69, 9.17) is 16.3 Å². The highest BCUT2D eigenvalue weighted by atomic mass is 79.9. The Balaban J connectivity index is 3.02. The predicted octanol–water partition coefficient (Wildman–Crippen LogP) is 3.29. The molecule has 0 unspecified atom stereocenters. The summed E-state index contributed by atoms with van der Waals surface area (Å²) in [5.74, 6) is 0.863. The number of alkyl halides is 1. The second-order valence-electron chi connectivity index (χ2n) is 2.36. The molecule has 1 aromatic rings. The highest BCUT2D eigenvalue weighted by molar-refractivity contribution is 9.09. The van der Waals surface area contributed by atoms with Crippen LogP contribution in [0.25, 0.3) is 0 Å². The summed E-state index contributed by atoms with van der Waals surface area (Å²) in [6.45, 7) is 0. The number of ether oxygens (including phenoxy) is 1. The Kier molecular flexibility index (Phi) is 3.89. The van der Waals surface area contributed by atoms with Crippen molar-refractivity contribution in [3.05, 3.63) is 28.8 Å².